The lowest BCUT2D eigenvalue weighted by atomic mass is 10.1. The van der Waals surface area contributed by atoms with Crippen molar-refractivity contribution < 1.29 is 9.72 Å². The zero-order valence-electron chi connectivity index (χ0n) is 14.5. The molecule has 2 heterocycles. The van der Waals surface area contributed by atoms with Gasteiger partial charge in [0.1, 0.15) is 5.02 Å². The van der Waals surface area contributed by atoms with Crippen molar-refractivity contribution >= 4 is 41.0 Å². The first kappa shape index (κ1) is 18.5. The number of carbonyl (C=O) groups is 1. The first-order valence-electron chi connectivity index (χ1n) is 7.90. The molecular formula is C17H17ClN4O3S. The van der Waals surface area contributed by atoms with Gasteiger partial charge in [-0.1, -0.05) is 11.6 Å². The molecule has 136 valence electrons. The molecule has 7 nitrogen and oxygen atoms in total. The van der Waals surface area contributed by atoms with Gasteiger partial charge in [-0.2, -0.15) is 5.10 Å². The standard InChI is InChI=1S/C17H17ClN4O3S/c1-10-13(11(2)20(3)19-10)9-16-21(6-7-26-16)17(23)12-4-5-14(18)15(8-12)22(24)25/h4-5,8-9H,6-7H2,1-3H3/b16-9+. The summed E-state index contributed by atoms with van der Waals surface area (Å²) in [5.41, 5.74) is 2.86. The normalized spacial score (nSPS) is 15.7. The van der Waals surface area contributed by atoms with Crippen LogP contribution in [-0.2, 0) is 7.05 Å². The van der Waals surface area contributed by atoms with Crippen LogP contribution in [0.1, 0.15) is 27.3 Å². The zero-order chi connectivity index (χ0) is 19.0. The van der Waals surface area contributed by atoms with Crippen LogP contribution in [0.5, 0.6) is 0 Å². The van der Waals surface area contributed by atoms with Gasteiger partial charge < -0.3 is 4.90 Å². The summed E-state index contributed by atoms with van der Waals surface area (Å²) >= 11 is 7.42. The minimum atomic E-state index is -0.586. The molecule has 0 atom stereocenters. The predicted molar refractivity (Wildman–Crippen MR) is 102 cm³/mol. The molecule has 3 rings (SSSR count). The number of rotatable bonds is 3. The van der Waals surface area contributed by atoms with E-state index in [2.05, 4.69) is 5.10 Å². The van der Waals surface area contributed by atoms with E-state index in [1.54, 1.807) is 21.3 Å². The smallest absolute Gasteiger partial charge is 0.288 e. The molecule has 0 radical (unpaired) electrons. The summed E-state index contributed by atoms with van der Waals surface area (Å²) in [6.45, 7) is 4.44. The van der Waals surface area contributed by atoms with E-state index in [1.807, 2.05) is 27.0 Å². The van der Waals surface area contributed by atoms with E-state index in [-0.39, 0.29) is 22.2 Å². The number of aromatic nitrogens is 2. The van der Waals surface area contributed by atoms with Crippen LogP contribution in [0.25, 0.3) is 6.08 Å². The van der Waals surface area contributed by atoms with E-state index >= 15 is 0 Å². The fraction of sp³-hybridized carbons (Fsp3) is 0.294. The van der Waals surface area contributed by atoms with Crippen LogP contribution in [0.3, 0.4) is 0 Å². The summed E-state index contributed by atoms with van der Waals surface area (Å²) in [6.07, 6.45) is 1.96. The third-order valence-corrected chi connectivity index (χ3v) is 5.64. The number of nitro benzene ring substituents is 1. The second-order valence-corrected chi connectivity index (χ2v) is 7.44. The number of carbonyl (C=O) groups excluding carboxylic acids is 1. The van der Waals surface area contributed by atoms with E-state index in [0.717, 1.165) is 27.7 Å². The molecule has 1 aromatic heterocycles. The highest BCUT2D eigenvalue weighted by Crippen LogP contribution is 2.33. The van der Waals surface area contributed by atoms with Gasteiger partial charge >= 0.3 is 0 Å². The van der Waals surface area contributed by atoms with Crippen LogP contribution in [0.4, 0.5) is 5.69 Å². The molecule has 0 N–H and O–H groups in total. The summed E-state index contributed by atoms with van der Waals surface area (Å²) in [5, 5.41) is 16.3. The van der Waals surface area contributed by atoms with Crippen molar-refractivity contribution in [3.05, 3.63) is 60.9 Å². The van der Waals surface area contributed by atoms with E-state index in [4.69, 9.17) is 11.6 Å². The molecule has 0 spiro atoms. The van der Waals surface area contributed by atoms with Gasteiger partial charge in [0.05, 0.1) is 15.6 Å². The third kappa shape index (κ3) is 3.34. The molecule has 1 saturated heterocycles. The number of nitrogens with zero attached hydrogens (tertiary/aromatic N) is 4. The Morgan fingerprint density at radius 2 is 2.15 bits per heavy atom. The third-order valence-electron chi connectivity index (χ3n) is 4.30. The summed E-state index contributed by atoms with van der Waals surface area (Å²) in [7, 11) is 1.88. The number of benzene rings is 1. The van der Waals surface area contributed by atoms with Gasteiger partial charge in [0, 0.05) is 42.2 Å². The molecule has 0 saturated carbocycles. The zero-order valence-corrected chi connectivity index (χ0v) is 16.1. The molecule has 0 aliphatic carbocycles. The van der Waals surface area contributed by atoms with Gasteiger partial charge in [0.2, 0.25) is 0 Å². The number of nitro groups is 1. The second-order valence-electron chi connectivity index (χ2n) is 5.92. The largest absolute Gasteiger partial charge is 0.302 e. The predicted octanol–water partition coefficient (Wildman–Crippen LogP) is 3.79. The van der Waals surface area contributed by atoms with Crippen LogP contribution in [0, 0.1) is 24.0 Å². The Hall–Kier alpha value is -2.32. The van der Waals surface area contributed by atoms with Crippen LogP contribution in [0.15, 0.2) is 23.2 Å². The Balaban J connectivity index is 1.95. The summed E-state index contributed by atoms with van der Waals surface area (Å²) in [5.74, 6) is 0.492. The first-order valence-corrected chi connectivity index (χ1v) is 9.26. The Bertz CT molecular complexity index is 938. The number of halogens is 1. The quantitative estimate of drug-likeness (QED) is 0.586. The molecule has 1 aromatic carbocycles. The SMILES string of the molecule is Cc1nn(C)c(C)c1/C=C1/SCCN1C(=O)c1ccc(Cl)c([N+](=O)[O-])c1. The number of aryl methyl sites for hydroxylation is 2. The number of amides is 1. The van der Waals surface area contributed by atoms with Crippen molar-refractivity contribution in [2.45, 2.75) is 13.8 Å². The Labute approximate surface area is 159 Å². The Morgan fingerprint density at radius 1 is 1.42 bits per heavy atom. The highest BCUT2D eigenvalue weighted by atomic mass is 35.5. The fourth-order valence-corrected chi connectivity index (χ4v) is 4.02. The molecule has 1 fully saturated rings. The average Bonchev–Trinajstić information content (AvgIpc) is 3.15. The first-order chi connectivity index (χ1) is 12.3. The number of thioether (sulfide) groups is 1. The van der Waals surface area contributed by atoms with Gasteiger partial charge in [-0.15, -0.1) is 11.8 Å². The maximum Gasteiger partial charge on any atom is 0.288 e. The molecule has 26 heavy (non-hydrogen) atoms. The Kier molecular flexibility index (Phi) is 5.06. The Morgan fingerprint density at radius 3 is 2.77 bits per heavy atom. The van der Waals surface area contributed by atoms with Crippen molar-refractivity contribution in [2.75, 3.05) is 12.3 Å². The maximum absolute atomic E-state index is 12.9. The minimum Gasteiger partial charge on any atom is -0.302 e. The fourth-order valence-electron chi connectivity index (χ4n) is 2.81. The molecule has 1 aliphatic rings. The van der Waals surface area contributed by atoms with Gasteiger partial charge in [-0.05, 0) is 32.1 Å². The van der Waals surface area contributed by atoms with Gasteiger partial charge in [-0.3, -0.25) is 19.6 Å². The van der Waals surface area contributed by atoms with E-state index < -0.39 is 4.92 Å². The molecular weight excluding hydrogens is 376 g/mol. The van der Waals surface area contributed by atoms with Crippen molar-refractivity contribution in [2.24, 2.45) is 7.05 Å². The maximum atomic E-state index is 12.9. The van der Waals surface area contributed by atoms with Crippen molar-refractivity contribution in [3.63, 3.8) is 0 Å². The molecule has 1 amide bonds. The van der Waals surface area contributed by atoms with Crippen molar-refractivity contribution in [3.8, 4) is 0 Å². The van der Waals surface area contributed by atoms with Gasteiger partial charge in [-0.25, -0.2) is 0 Å². The topological polar surface area (TPSA) is 81.3 Å². The van der Waals surface area contributed by atoms with Crippen LogP contribution in [0.2, 0.25) is 5.02 Å². The monoisotopic (exact) mass is 392 g/mol. The van der Waals surface area contributed by atoms with Gasteiger partial charge in [0.15, 0.2) is 0 Å². The molecule has 0 bridgehead atoms. The van der Waals surface area contributed by atoms with Gasteiger partial charge in [0.25, 0.3) is 11.6 Å². The minimum absolute atomic E-state index is 0.0136. The highest BCUT2D eigenvalue weighted by molar-refractivity contribution is 8.03. The molecule has 0 unspecified atom stereocenters. The van der Waals surface area contributed by atoms with Crippen molar-refractivity contribution in [1.29, 1.82) is 0 Å². The van der Waals surface area contributed by atoms with E-state index in [0.29, 0.717) is 6.54 Å². The second kappa shape index (κ2) is 7.13. The van der Waals surface area contributed by atoms with Crippen molar-refractivity contribution in [1.82, 2.24) is 14.7 Å². The lowest BCUT2D eigenvalue weighted by molar-refractivity contribution is -0.384. The highest BCUT2D eigenvalue weighted by Gasteiger charge is 2.27. The van der Waals surface area contributed by atoms with E-state index in [1.165, 1.54) is 18.2 Å². The van der Waals surface area contributed by atoms with Crippen LogP contribution < -0.4 is 0 Å². The summed E-state index contributed by atoms with van der Waals surface area (Å²) < 4.78 is 1.80. The molecule has 9 heteroatoms. The number of hydrogen-bond donors (Lipinski definition) is 0. The van der Waals surface area contributed by atoms with Crippen LogP contribution in [-0.4, -0.2) is 37.8 Å². The lowest BCUT2D eigenvalue weighted by Crippen LogP contribution is -2.26. The summed E-state index contributed by atoms with van der Waals surface area (Å²) in [4.78, 5) is 25.0. The number of hydrogen-bond acceptors (Lipinski definition) is 5. The summed E-state index contributed by atoms with van der Waals surface area (Å²) in [6, 6.07) is 4.12. The van der Waals surface area contributed by atoms with E-state index in [9.17, 15) is 14.9 Å². The molecule has 1 aliphatic heterocycles. The lowest BCUT2D eigenvalue weighted by Gasteiger charge is -2.17. The van der Waals surface area contributed by atoms with Crippen LogP contribution >= 0.6 is 23.4 Å². The average molecular weight is 393 g/mol. The molecule has 2 aromatic rings.